The third-order valence-electron chi connectivity index (χ3n) is 3.55. The molecule has 0 radical (unpaired) electrons. The van der Waals surface area contributed by atoms with Gasteiger partial charge in [-0.1, -0.05) is 46.8 Å². The van der Waals surface area contributed by atoms with Crippen LogP contribution in [0.2, 0.25) is 0 Å². The molecule has 0 aliphatic carbocycles. The van der Waals surface area contributed by atoms with Crippen molar-refractivity contribution in [3.05, 3.63) is 28.8 Å². The quantitative estimate of drug-likeness (QED) is 0.864. The van der Waals surface area contributed by atoms with Gasteiger partial charge in [0.05, 0.1) is 13.7 Å². The zero-order valence-corrected chi connectivity index (χ0v) is 12.5. The number of benzene rings is 1. The first-order valence-electron chi connectivity index (χ1n) is 6.70. The van der Waals surface area contributed by atoms with E-state index in [1.54, 1.807) is 7.11 Å². The van der Waals surface area contributed by atoms with Crippen LogP contribution in [-0.2, 0) is 11.8 Å². The van der Waals surface area contributed by atoms with Gasteiger partial charge in [-0.3, -0.25) is 0 Å². The number of methoxy groups -OCH3 is 1. The van der Waals surface area contributed by atoms with Gasteiger partial charge in [-0.2, -0.15) is 0 Å². The topological polar surface area (TPSA) is 29.5 Å². The molecule has 2 nitrogen and oxygen atoms in total. The fraction of sp³-hybridized carbons (Fsp3) is 0.625. The predicted molar refractivity (Wildman–Crippen MR) is 76.6 cm³/mol. The van der Waals surface area contributed by atoms with Crippen molar-refractivity contribution in [2.24, 2.45) is 0 Å². The molecule has 0 heterocycles. The van der Waals surface area contributed by atoms with Crippen molar-refractivity contribution in [1.29, 1.82) is 0 Å². The molecular weight excluding hydrogens is 224 g/mol. The summed E-state index contributed by atoms with van der Waals surface area (Å²) < 4.78 is 5.64. The first kappa shape index (κ1) is 15.0. The molecule has 0 aliphatic rings. The molecule has 0 unspecified atom stereocenters. The summed E-state index contributed by atoms with van der Waals surface area (Å²) in [6.45, 7) is 10.7. The molecule has 0 spiro atoms. The van der Waals surface area contributed by atoms with E-state index in [4.69, 9.17) is 4.74 Å². The van der Waals surface area contributed by atoms with Crippen LogP contribution in [0.5, 0.6) is 5.75 Å². The average molecular weight is 250 g/mol. The van der Waals surface area contributed by atoms with Crippen molar-refractivity contribution >= 4 is 0 Å². The Bertz CT molecular complexity index is 406. The van der Waals surface area contributed by atoms with Gasteiger partial charge in [-0.15, -0.1) is 0 Å². The molecule has 0 bridgehead atoms. The van der Waals surface area contributed by atoms with Crippen LogP contribution < -0.4 is 4.74 Å². The molecule has 0 amide bonds. The summed E-state index contributed by atoms with van der Waals surface area (Å²) in [7, 11) is 1.72. The van der Waals surface area contributed by atoms with Crippen molar-refractivity contribution in [1.82, 2.24) is 0 Å². The van der Waals surface area contributed by atoms with Crippen LogP contribution >= 0.6 is 0 Å². The van der Waals surface area contributed by atoms with Crippen molar-refractivity contribution in [3.63, 3.8) is 0 Å². The minimum absolute atomic E-state index is 0.121. The number of aliphatic hydroxyl groups is 1. The van der Waals surface area contributed by atoms with Crippen molar-refractivity contribution in [2.45, 2.75) is 52.4 Å². The molecule has 0 aliphatic heterocycles. The molecule has 0 saturated carbocycles. The zero-order valence-electron chi connectivity index (χ0n) is 12.5. The minimum atomic E-state index is -0.282. The van der Waals surface area contributed by atoms with E-state index >= 15 is 0 Å². The van der Waals surface area contributed by atoms with E-state index in [1.165, 1.54) is 11.1 Å². The lowest BCUT2D eigenvalue weighted by Crippen LogP contribution is -2.25. The molecule has 2 heteroatoms. The number of aryl methyl sites for hydroxylation is 1. The highest BCUT2D eigenvalue weighted by atomic mass is 16.5. The first-order chi connectivity index (χ1) is 8.38. The summed E-state index contributed by atoms with van der Waals surface area (Å²) in [4.78, 5) is 0. The zero-order chi connectivity index (χ0) is 13.9. The molecule has 1 rings (SSSR count). The second-order valence-electron chi connectivity index (χ2n) is 5.77. The van der Waals surface area contributed by atoms with E-state index in [0.29, 0.717) is 5.92 Å². The fourth-order valence-electron chi connectivity index (χ4n) is 2.41. The highest BCUT2D eigenvalue weighted by Crippen LogP contribution is 2.40. The molecule has 0 atom stereocenters. The van der Waals surface area contributed by atoms with Crippen molar-refractivity contribution < 1.29 is 9.84 Å². The number of aliphatic hydroxyl groups excluding tert-OH is 1. The van der Waals surface area contributed by atoms with Gasteiger partial charge in [0.25, 0.3) is 0 Å². The SMILES string of the molecule is CCc1ccc(C(C)C)c(C(C)(C)CO)c1OC. The lowest BCUT2D eigenvalue weighted by molar-refractivity contribution is 0.213. The van der Waals surface area contributed by atoms with Crippen LogP contribution in [0.4, 0.5) is 0 Å². The maximum Gasteiger partial charge on any atom is 0.126 e. The van der Waals surface area contributed by atoms with Gasteiger partial charge in [0.1, 0.15) is 5.75 Å². The van der Waals surface area contributed by atoms with Crippen LogP contribution in [0.15, 0.2) is 12.1 Å². The molecule has 0 aromatic heterocycles. The summed E-state index contributed by atoms with van der Waals surface area (Å²) in [5.41, 5.74) is 3.35. The summed E-state index contributed by atoms with van der Waals surface area (Å²) in [5.74, 6) is 1.37. The number of hydrogen-bond acceptors (Lipinski definition) is 2. The number of rotatable bonds is 5. The summed E-state index contributed by atoms with van der Waals surface area (Å²) >= 11 is 0. The fourth-order valence-corrected chi connectivity index (χ4v) is 2.41. The largest absolute Gasteiger partial charge is 0.496 e. The molecule has 1 N–H and O–H groups in total. The Hall–Kier alpha value is -1.02. The highest BCUT2D eigenvalue weighted by Gasteiger charge is 2.29. The first-order valence-corrected chi connectivity index (χ1v) is 6.70. The monoisotopic (exact) mass is 250 g/mol. The van der Waals surface area contributed by atoms with E-state index in [0.717, 1.165) is 17.7 Å². The summed E-state index contributed by atoms with van der Waals surface area (Å²) in [6, 6.07) is 4.32. The molecule has 1 aromatic carbocycles. The Kier molecular flexibility index (Phi) is 4.80. The van der Waals surface area contributed by atoms with Crippen molar-refractivity contribution in [3.8, 4) is 5.75 Å². The summed E-state index contributed by atoms with van der Waals surface area (Å²) in [5, 5.41) is 9.68. The van der Waals surface area contributed by atoms with E-state index in [-0.39, 0.29) is 12.0 Å². The Morgan fingerprint density at radius 1 is 1.28 bits per heavy atom. The molecule has 0 saturated heterocycles. The van der Waals surface area contributed by atoms with Gasteiger partial charge >= 0.3 is 0 Å². The van der Waals surface area contributed by atoms with E-state index in [9.17, 15) is 5.11 Å². The van der Waals surface area contributed by atoms with E-state index in [2.05, 4.69) is 46.8 Å². The van der Waals surface area contributed by atoms with Crippen LogP contribution in [0.1, 0.15) is 57.2 Å². The Balaban J connectivity index is 3.58. The second kappa shape index (κ2) is 5.75. The van der Waals surface area contributed by atoms with Crippen LogP contribution in [-0.4, -0.2) is 18.8 Å². The molecule has 18 heavy (non-hydrogen) atoms. The Morgan fingerprint density at radius 3 is 2.28 bits per heavy atom. The maximum atomic E-state index is 9.68. The third kappa shape index (κ3) is 2.69. The van der Waals surface area contributed by atoms with Gasteiger partial charge in [0.15, 0.2) is 0 Å². The third-order valence-corrected chi connectivity index (χ3v) is 3.55. The average Bonchev–Trinajstić information content (AvgIpc) is 2.36. The summed E-state index contributed by atoms with van der Waals surface area (Å²) in [6.07, 6.45) is 0.941. The van der Waals surface area contributed by atoms with Crippen molar-refractivity contribution in [2.75, 3.05) is 13.7 Å². The molecule has 0 fully saturated rings. The van der Waals surface area contributed by atoms with Crippen LogP contribution in [0, 0.1) is 0 Å². The lowest BCUT2D eigenvalue weighted by atomic mass is 9.78. The van der Waals surface area contributed by atoms with Gasteiger partial charge in [0, 0.05) is 11.0 Å². The molecule has 102 valence electrons. The second-order valence-corrected chi connectivity index (χ2v) is 5.77. The molecular formula is C16H26O2. The van der Waals surface area contributed by atoms with E-state index < -0.39 is 0 Å². The van der Waals surface area contributed by atoms with Crippen LogP contribution in [0.25, 0.3) is 0 Å². The van der Waals surface area contributed by atoms with Gasteiger partial charge in [-0.05, 0) is 23.5 Å². The number of ether oxygens (including phenoxy) is 1. The number of hydrogen-bond donors (Lipinski definition) is 1. The van der Waals surface area contributed by atoms with E-state index in [1.807, 2.05) is 0 Å². The Morgan fingerprint density at radius 2 is 1.89 bits per heavy atom. The van der Waals surface area contributed by atoms with Gasteiger partial charge in [-0.25, -0.2) is 0 Å². The van der Waals surface area contributed by atoms with Gasteiger partial charge in [0.2, 0.25) is 0 Å². The normalized spacial score (nSPS) is 12.0. The Labute approximate surface area is 111 Å². The maximum absolute atomic E-state index is 9.68. The predicted octanol–water partition coefficient (Wildman–Crippen LogP) is 3.65. The lowest BCUT2D eigenvalue weighted by Gasteiger charge is -2.30. The molecule has 1 aromatic rings. The standard InChI is InChI=1S/C16H26O2/c1-7-12-8-9-13(11(2)3)14(15(12)18-6)16(4,5)10-17/h8-9,11,17H,7,10H2,1-6H3. The smallest absolute Gasteiger partial charge is 0.126 e. The van der Waals surface area contributed by atoms with Gasteiger partial charge < -0.3 is 9.84 Å². The highest BCUT2D eigenvalue weighted by molar-refractivity contribution is 5.51. The van der Waals surface area contributed by atoms with Crippen LogP contribution in [0.3, 0.4) is 0 Å². The minimum Gasteiger partial charge on any atom is -0.496 e.